The number of anilines is 1. The number of nitrogens with zero attached hydrogens (tertiary/aromatic N) is 2. The van der Waals surface area contributed by atoms with Gasteiger partial charge in [0.05, 0.1) is 13.7 Å². The van der Waals surface area contributed by atoms with Crippen LogP contribution in [0.2, 0.25) is 0 Å². The molecule has 3 aromatic rings. The first-order valence-electron chi connectivity index (χ1n) is 8.83. The first-order valence-corrected chi connectivity index (χ1v) is 8.83. The minimum Gasteiger partial charge on any atom is -0.497 e. The highest BCUT2D eigenvalue weighted by molar-refractivity contribution is 5.91. The summed E-state index contributed by atoms with van der Waals surface area (Å²) in [5.74, 6) is 1.69. The number of nitrogens with one attached hydrogen (secondary N) is 2. The van der Waals surface area contributed by atoms with E-state index in [0.717, 1.165) is 28.4 Å². The zero-order valence-corrected chi connectivity index (χ0v) is 15.4. The molecule has 1 amide bonds. The fraction of sp³-hybridized carbons (Fsp3) is 0.250. The summed E-state index contributed by atoms with van der Waals surface area (Å²) in [4.78, 5) is 13.4. The molecule has 0 aliphatic heterocycles. The van der Waals surface area contributed by atoms with Gasteiger partial charge in [-0.2, -0.15) is 0 Å². The van der Waals surface area contributed by atoms with Crippen molar-refractivity contribution in [3.8, 4) is 17.2 Å². The normalized spacial score (nSPS) is 11.8. The highest BCUT2D eigenvalue weighted by atomic mass is 16.5. The van der Waals surface area contributed by atoms with E-state index >= 15 is 0 Å². The number of ether oxygens (including phenoxy) is 1. The number of likely N-dealkylation sites (N-methyl/N-ethyl adjacent to an activating group) is 1. The Morgan fingerprint density at radius 3 is 2.52 bits per heavy atom. The van der Waals surface area contributed by atoms with E-state index in [1.54, 1.807) is 7.11 Å². The molecule has 0 aliphatic rings. The number of carbonyl (C=O) groups is 1. The molecule has 1 unspecified atom stereocenters. The zero-order valence-electron chi connectivity index (χ0n) is 15.4. The van der Waals surface area contributed by atoms with E-state index in [1.807, 2.05) is 61.5 Å². The van der Waals surface area contributed by atoms with Gasteiger partial charge in [0.15, 0.2) is 13.1 Å². The molecule has 7 nitrogen and oxygen atoms in total. The summed E-state index contributed by atoms with van der Waals surface area (Å²) >= 11 is 0. The number of benzene rings is 2. The Kier molecular flexibility index (Phi) is 6.17. The molecular weight excluding hydrogens is 344 g/mol. The topological polar surface area (TPSA) is 81.7 Å². The number of hydrogen-bond donors (Lipinski definition) is 2. The van der Waals surface area contributed by atoms with E-state index in [1.165, 1.54) is 0 Å². The maximum atomic E-state index is 12.3. The lowest BCUT2D eigenvalue weighted by Crippen LogP contribution is -3.11. The van der Waals surface area contributed by atoms with Gasteiger partial charge in [0.2, 0.25) is 5.89 Å². The van der Waals surface area contributed by atoms with Crippen LogP contribution in [0.3, 0.4) is 0 Å². The molecule has 0 aliphatic carbocycles. The van der Waals surface area contributed by atoms with Crippen LogP contribution in [0.1, 0.15) is 12.8 Å². The number of quaternary nitrogens is 1. The van der Waals surface area contributed by atoms with E-state index < -0.39 is 0 Å². The summed E-state index contributed by atoms with van der Waals surface area (Å²) in [5.41, 5.74) is 1.62. The van der Waals surface area contributed by atoms with Crippen LogP contribution < -0.4 is 15.0 Å². The van der Waals surface area contributed by atoms with Gasteiger partial charge in [-0.25, -0.2) is 0 Å². The standard InChI is InChI=1S/C20H22N4O3/c1-3-24(13-18(25)21-16-9-11-17(26-2)12-10-16)14-19-22-23-20(27-19)15-7-5-4-6-8-15/h4-12H,3,13-14H2,1-2H3,(H,21,25)/p+1. The molecule has 7 heteroatoms. The average Bonchev–Trinajstić information content (AvgIpc) is 3.17. The molecule has 1 aromatic heterocycles. The van der Waals surface area contributed by atoms with Gasteiger partial charge in [-0.05, 0) is 43.3 Å². The van der Waals surface area contributed by atoms with Crippen LogP contribution in [0, 0.1) is 0 Å². The zero-order chi connectivity index (χ0) is 19.1. The highest BCUT2D eigenvalue weighted by Crippen LogP contribution is 2.16. The van der Waals surface area contributed by atoms with Crippen LogP contribution in [0.25, 0.3) is 11.5 Å². The van der Waals surface area contributed by atoms with Crippen LogP contribution in [-0.2, 0) is 11.3 Å². The molecule has 0 fully saturated rings. The molecule has 0 spiro atoms. The van der Waals surface area contributed by atoms with Crippen LogP contribution in [0.4, 0.5) is 5.69 Å². The van der Waals surface area contributed by atoms with Gasteiger partial charge in [-0.3, -0.25) is 4.79 Å². The fourth-order valence-electron chi connectivity index (χ4n) is 2.66. The number of aromatic nitrogens is 2. The molecule has 2 aromatic carbocycles. The number of carbonyl (C=O) groups excluding carboxylic acids is 1. The van der Waals surface area contributed by atoms with Crippen LogP contribution >= 0.6 is 0 Å². The lowest BCUT2D eigenvalue weighted by Gasteiger charge is -2.15. The molecule has 0 bridgehead atoms. The molecule has 0 saturated carbocycles. The quantitative estimate of drug-likeness (QED) is 0.634. The second-order valence-electron chi connectivity index (χ2n) is 6.10. The maximum Gasteiger partial charge on any atom is 0.279 e. The van der Waals surface area contributed by atoms with Crippen molar-refractivity contribution in [3.05, 3.63) is 60.5 Å². The lowest BCUT2D eigenvalue weighted by atomic mass is 10.2. The molecule has 27 heavy (non-hydrogen) atoms. The third-order valence-corrected chi connectivity index (χ3v) is 4.17. The Morgan fingerprint density at radius 2 is 1.85 bits per heavy atom. The summed E-state index contributed by atoms with van der Waals surface area (Å²) in [6.07, 6.45) is 0. The molecule has 1 heterocycles. The van der Waals surface area contributed by atoms with Gasteiger partial charge in [-0.15, -0.1) is 10.2 Å². The van der Waals surface area contributed by atoms with Gasteiger partial charge in [-0.1, -0.05) is 18.2 Å². The van der Waals surface area contributed by atoms with Crippen LogP contribution in [0.15, 0.2) is 59.0 Å². The average molecular weight is 367 g/mol. The minimum atomic E-state index is -0.0696. The van der Waals surface area contributed by atoms with Gasteiger partial charge >= 0.3 is 0 Å². The van der Waals surface area contributed by atoms with Crippen molar-refractivity contribution < 1.29 is 18.8 Å². The number of hydrogen-bond acceptors (Lipinski definition) is 5. The van der Waals surface area contributed by atoms with E-state index in [-0.39, 0.29) is 5.91 Å². The fourth-order valence-corrected chi connectivity index (χ4v) is 2.66. The van der Waals surface area contributed by atoms with Crippen molar-refractivity contribution in [2.45, 2.75) is 13.5 Å². The van der Waals surface area contributed by atoms with Crippen LogP contribution in [-0.4, -0.2) is 36.3 Å². The van der Waals surface area contributed by atoms with Gasteiger partial charge in [0.25, 0.3) is 11.8 Å². The SMILES string of the molecule is CC[NH+](CC(=O)Nc1ccc(OC)cc1)Cc1nnc(-c2ccccc2)o1. The van der Waals surface area contributed by atoms with Crippen molar-refractivity contribution in [1.82, 2.24) is 10.2 Å². The summed E-state index contributed by atoms with van der Waals surface area (Å²) in [5, 5.41) is 11.1. The van der Waals surface area contributed by atoms with Crippen LogP contribution in [0.5, 0.6) is 5.75 Å². The highest BCUT2D eigenvalue weighted by Gasteiger charge is 2.17. The largest absolute Gasteiger partial charge is 0.497 e. The first kappa shape index (κ1) is 18.6. The van der Waals surface area contributed by atoms with Gasteiger partial charge in [0.1, 0.15) is 5.75 Å². The molecule has 3 rings (SSSR count). The molecular formula is C20H23N4O3+. The molecule has 2 N–H and O–H groups in total. The number of methoxy groups -OCH3 is 1. The van der Waals surface area contributed by atoms with Crippen molar-refractivity contribution in [2.24, 2.45) is 0 Å². The Balaban J connectivity index is 1.57. The summed E-state index contributed by atoms with van der Waals surface area (Å²) in [7, 11) is 1.61. The van der Waals surface area contributed by atoms with E-state index in [0.29, 0.717) is 24.9 Å². The summed E-state index contributed by atoms with van der Waals surface area (Å²) < 4.78 is 10.9. The Hall–Kier alpha value is -3.19. The predicted molar refractivity (Wildman–Crippen MR) is 101 cm³/mol. The predicted octanol–water partition coefficient (Wildman–Crippen LogP) is 1.79. The lowest BCUT2D eigenvalue weighted by molar-refractivity contribution is -0.905. The first-order chi connectivity index (χ1) is 13.2. The number of rotatable bonds is 8. The summed E-state index contributed by atoms with van der Waals surface area (Å²) in [6.45, 7) is 3.58. The molecule has 140 valence electrons. The summed E-state index contributed by atoms with van der Waals surface area (Å²) in [6, 6.07) is 16.9. The maximum absolute atomic E-state index is 12.3. The van der Waals surface area contributed by atoms with E-state index in [9.17, 15) is 4.79 Å². The van der Waals surface area contributed by atoms with Crippen molar-refractivity contribution in [3.63, 3.8) is 0 Å². The Morgan fingerprint density at radius 1 is 1.11 bits per heavy atom. The van der Waals surface area contributed by atoms with E-state index in [2.05, 4.69) is 15.5 Å². The molecule has 1 atom stereocenters. The Bertz CT molecular complexity index is 862. The van der Waals surface area contributed by atoms with Crippen molar-refractivity contribution in [1.29, 1.82) is 0 Å². The second kappa shape index (κ2) is 8.95. The van der Waals surface area contributed by atoms with Gasteiger partial charge in [0, 0.05) is 11.3 Å². The smallest absolute Gasteiger partial charge is 0.279 e. The Labute approximate surface area is 158 Å². The molecule has 0 saturated heterocycles. The van der Waals surface area contributed by atoms with Gasteiger partial charge < -0.3 is 19.4 Å². The van der Waals surface area contributed by atoms with Crippen molar-refractivity contribution >= 4 is 11.6 Å². The third-order valence-electron chi connectivity index (χ3n) is 4.17. The van der Waals surface area contributed by atoms with Crippen molar-refractivity contribution in [2.75, 3.05) is 25.5 Å². The monoisotopic (exact) mass is 367 g/mol. The third kappa shape index (κ3) is 5.15. The molecule has 0 radical (unpaired) electrons. The minimum absolute atomic E-state index is 0.0696. The van der Waals surface area contributed by atoms with E-state index in [4.69, 9.17) is 9.15 Å². The second-order valence-corrected chi connectivity index (χ2v) is 6.10. The number of amides is 1.